The number of nitrogens with one attached hydrogen (secondary N) is 1. The van der Waals surface area contributed by atoms with E-state index in [1.165, 1.54) is 33.5 Å². The molecular formula is C33H36N4O7S2. The van der Waals surface area contributed by atoms with Crippen LogP contribution in [-0.4, -0.2) is 78.5 Å². The van der Waals surface area contributed by atoms with E-state index in [0.717, 1.165) is 10.3 Å². The third-order valence-corrected chi connectivity index (χ3v) is 10.3. The first-order valence-electron chi connectivity index (χ1n) is 14.9. The Bertz CT molecular complexity index is 1830. The van der Waals surface area contributed by atoms with Crippen LogP contribution >= 0.6 is 11.3 Å². The quantitative estimate of drug-likeness (QED) is 0.202. The number of hydrogen-bond donors (Lipinski definition) is 2. The normalized spacial score (nSPS) is 16.5. The van der Waals surface area contributed by atoms with E-state index in [2.05, 4.69) is 10.3 Å². The number of amides is 2. The summed E-state index contributed by atoms with van der Waals surface area (Å²) in [7, 11) is -4.03. The van der Waals surface area contributed by atoms with E-state index in [-0.39, 0.29) is 42.7 Å². The van der Waals surface area contributed by atoms with Crippen LogP contribution in [0.15, 0.2) is 83.2 Å². The van der Waals surface area contributed by atoms with E-state index in [9.17, 15) is 27.9 Å². The summed E-state index contributed by atoms with van der Waals surface area (Å²) in [6.45, 7) is 4.94. The van der Waals surface area contributed by atoms with Crippen molar-refractivity contribution < 1.29 is 32.6 Å². The van der Waals surface area contributed by atoms with Crippen molar-refractivity contribution in [2.45, 2.75) is 50.3 Å². The number of nitrogens with zero attached hydrogens (tertiary/aromatic N) is 3. The zero-order chi connectivity index (χ0) is 33.0. The van der Waals surface area contributed by atoms with Gasteiger partial charge in [0, 0.05) is 24.3 Å². The first-order valence-corrected chi connectivity index (χ1v) is 17.2. The first-order chi connectivity index (χ1) is 21.9. The summed E-state index contributed by atoms with van der Waals surface area (Å²) in [5, 5.41) is 14.4. The van der Waals surface area contributed by atoms with Crippen LogP contribution in [0, 0.1) is 5.92 Å². The molecule has 1 aromatic heterocycles. The van der Waals surface area contributed by atoms with E-state index in [1.807, 2.05) is 44.2 Å². The molecule has 0 bridgehead atoms. The number of aliphatic hydroxyl groups is 1. The largest absolute Gasteiger partial charge is 0.434 e. The molecule has 2 heterocycles. The molecule has 1 aliphatic rings. The fraction of sp³-hybridized carbons (Fsp3) is 0.333. The van der Waals surface area contributed by atoms with Crippen LogP contribution in [0.2, 0.25) is 0 Å². The van der Waals surface area contributed by atoms with E-state index < -0.39 is 40.3 Å². The number of aliphatic hydroxyl groups excluding tert-OH is 1. The van der Waals surface area contributed by atoms with Gasteiger partial charge in [0.05, 0.1) is 39.3 Å². The third kappa shape index (κ3) is 7.61. The lowest BCUT2D eigenvalue weighted by molar-refractivity contribution is -0.129. The van der Waals surface area contributed by atoms with E-state index >= 15 is 0 Å². The molecule has 5 rings (SSSR count). The van der Waals surface area contributed by atoms with Crippen LogP contribution in [0.4, 0.5) is 10.5 Å². The van der Waals surface area contributed by atoms with Gasteiger partial charge >= 0.3 is 6.09 Å². The second-order valence-electron chi connectivity index (χ2n) is 11.7. The number of ketones is 1. The maximum absolute atomic E-state index is 13.9. The molecule has 13 heteroatoms. The van der Waals surface area contributed by atoms with Gasteiger partial charge in [-0.05, 0) is 55.2 Å². The lowest BCUT2D eigenvalue weighted by atomic mass is 10.0. The van der Waals surface area contributed by atoms with Gasteiger partial charge in [0.2, 0.25) is 10.0 Å². The highest BCUT2D eigenvalue weighted by atomic mass is 32.2. The summed E-state index contributed by atoms with van der Waals surface area (Å²) < 4.78 is 35.1. The Balaban J connectivity index is 1.36. The highest BCUT2D eigenvalue weighted by Crippen LogP contribution is 2.26. The van der Waals surface area contributed by atoms with Gasteiger partial charge in [-0.15, -0.1) is 11.3 Å². The predicted molar refractivity (Wildman–Crippen MR) is 175 cm³/mol. The van der Waals surface area contributed by atoms with Crippen molar-refractivity contribution in [1.82, 2.24) is 14.6 Å². The molecule has 1 aliphatic heterocycles. The van der Waals surface area contributed by atoms with E-state index in [0.29, 0.717) is 16.8 Å². The second kappa shape index (κ2) is 14.1. The van der Waals surface area contributed by atoms with Crippen molar-refractivity contribution in [3.05, 3.63) is 89.4 Å². The lowest BCUT2D eigenvalue weighted by Crippen LogP contribution is -2.53. The van der Waals surface area contributed by atoms with Gasteiger partial charge in [-0.1, -0.05) is 56.3 Å². The molecule has 0 saturated carbocycles. The van der Waals surface area contributed by atoms with Crippen LogP contribution in [0.3, 0.4) is 0 Å². The Morgan fingerprint density at radius 3 is 2.57 bits per heavy atom. The number of cyclic esters (lactones) is 1. The number of benzene rings is 3. The lowest BCUT2D eigenvalue weighted by Gasteiger charge is -2.31. The van der Waals surface area contributed by atoms with E-state index in [4.69, 9.17) is 4.74 Å². The number of fused-ring (bicyclic) bond motifs is 1. The van der Waals surface area contributed by atoms with Crippen LogP contribution in [-0.2, 0) is 26.0 Å². The fourth-order valence-corrected chi connectivity index (χ4v) is 7.73. The maximum Gasteiger partial charge on any atom is 0.415 e. The molecule has 1 fully saturated rings. The van der Waals surface area contributed by atoms with Gasteiger partial charge in [0.15, 0.2) is 11.9 Å². The van der Waals surface area contributed by atoms with Crippen molar-refractivity contribution in [1.29, 1.82) is 0 Å². The summed E-state index contributed by atoms with van der Waals surface area (Å²) in [5.41, 5.74) is 3.99. The van der Waals surface area contributed by atoms with Gasteiger partial charge < -0.3 is 15.2 Å². The van der Waals surface area contributed by atoms with Crippen LogP contribution in [0.5, 0.6) is 0 Å². The topological polar surface area (TPSA) is 146 Å². The summed E-state index contributed by atoms with van der Waals surface area (Å²) in [6.07, 6.45) is -3.06. The number of hydrogen-bond acceptors (Lipinski definition) is 9. The van der Waals surface area contributed by atoms with Crippen molar-refractivity contribution in [3.63, 3.8) is 0 Å². The monoisotopic (exact) mass is 664 g/mol. The van der Waals surface area contributed by atoms with E-state index in [1.54, 1.807) is 41.9 Å². The molecule has 0 spiro atoms. The van der Waals surface area contributed by atoms with Crippen molar-refractivity contribution in [2.75, 3.05) is 24.5 Å². The van der Waals surface area contributed by atoms with Gasteiger partial charge in [-0.25, -0.2) is 18.2 Å². The van der Waals surface area contributed by atoms with Crippen LogP contribution in [0.25, 0.3) is 10.2 Å². The highest BCUT2D eigenvalue weighted by molar-refractivity contribution is 7.89. The number of carbonyl (C=O) groups excluding carboxylic acids is 3. The summed E-state index contributed by atoms with van der Waals surface area (Å²) in [4.78, 5) is 43.7. The van der Waals surface area contributed by atoms with Gasteiger partial charge in [0.1, 0.15) is 0 Å². The fourth-order valence-electron chi connectivity index (χ4n) is 5.29. The zero-order valence-electron chi connectivity index (χ0n) is 25.7. The number of thiazole rings is 1. The minimum atomic E-state index is -4.03. The molecular weight excluding hydrogens is 629 g/mol. The van der Waals surface area contributed by atoms with Crippen molar-refractivity contribution in [2.24, 2.45) is 5.92 Å². The minimum absolute atomic E-state index is 0.0540. The Morgan fingerprint density at radius 2 is 1.85 bits per heavy atom. The van der Waals surface area contributed by atoms with Gasteiger partial charge in [-0.3, -0.25) is 14.5 Å². The van der Waals surface area contributed by atoms with Gasteiger partial charge in [0.25, 0.3) is 5.91 Å². The molecule has 4 aromatic rings. The average Bonchev–Trinajstić information content (AvgIpc) is 3.67. The molecule has 11 nitrogen and oxygen atoms in total. The van der Waals surface area contributed by atoms with Gasteiger partial charge in [-0.2, -0.15) is 4.31 Å². The number of aromatic nitrogens is 1. The van der Waals surface area contributed by atoms with Crippen LogP contribution < -0.4 is 10.2 Å². The molecule has 1 unspecified atom stereocenters. The molecule has 1 saturated heterocycles. The zero-order valence-corrected chi connectivity index (χ0v) is 27.3. The number of anilines is 1. The summed E-state index contributed by atoms with van der Waals surface area (Å²) >= 11 is 1.34. The Hall–Kier alpha value is -4.17. The highest BCUT2D eigenvalue weighted by Gasteiger charge is 2.39. The Kier molecular flexibility index (Phi) is 10.2. The molecule has 0 radical (unpaired) electrons. The number of carbonyl (C=O) groups is 3. The second-order valence-corrected chi connectivity index (χ2v) is 14.5. The minimum Gasteiger partial charge on any atom is -0.434 e. The molecule has 2 amide bonds. The van der Waals surface area contributed by atoms with Crippen LogP contribution in [0.1, 0.15) is 36.7 Å². The SMILES string of the molecule is CC(=O)c1cccc(N2CC(C(=O)N[C@@H](Cc3ccccc3)[C@H](O)CN(CC(C)C)S(=O)(=O)c3ccc4ncsc4c3)OC2=O)c1. The standard InChI is InChI=1S/C33H36N4O7S2/c1-21(2)17-36(46(42,43)26-12-13-27-31(16-26)45-20-34-27)18-29(39)28(14-23-8-5-4-6-9-23)35-32(40)30-19-37(33(41)44-30)25-11-7-10-24(15-25)22(3)38/h4-13,15-16,20-21,28-30,39H,14,17-19H2,1-3H3,(H,35,40)/t28-,29+,30?/m0/s1. The number of ether oxygens (including phenoxy) is 1. The average molecular weight is 665 g/mol. The predicted octanol–water partition coefficient (Wildman–Crippen LogP) is 4.26. The Labute approximate surface area is 271 Å². The smallest absolute Gasteiger partial charge is 0.415 e. The number of rotatable bonds is 13. The molecule has 3 atom stereocenters. The number of Topliss-reactive ketones (excluding diaryl/α,β-unsaturated/α-hetero) is 1. The van der Waals surface area contributed by atoms with Crippen molar-refractivity contribution >= 4 is 55.0 Å². The molecule has 242 valence electrons. The molecule has 46 heavy (non-hydrogen) atoms. The Morgan fingerprint density at radius 1 is 1.09 bits per heavy atom. The summed E-state index contributed by atoms with van der Waals surface area (Å²) in [6, 6.07) is 19.5. The summed E-state index contributed by atoms with van der Waals surface area (Å²) in [5.74, 6) is -0.854. The molecule has 2 N–H and O–H groups in total. The third-order valence-electron chi connectivity index (χ3n) is 7.66. The molecule has 0 aliphatic carbocycles. The first kappa shape index (κ1) is 33.2. The maximum atomic E-state index is 13.9. The molecule has 3 aromatic carbocycles. The van der Waals surface area contributed by atoms with Crippen molar-refractivity contribution in [3.8, 4) is 0 Å². The number of sulfonamides is 1.